The van der Waals surface area contributed by atoms with E-state index in [0.29, 0.717) is 17.2 Å². The number of guanidine groups is 2. The fourth-order valence-electron chi connectivity index (χ4n) is 4.46. The van der Waals surface area contributed by atoms with Gasteiger partial charge in [-0.25, -0.2) is 9.18 Å². The topological polar surface area (TPSA) is 125 Å². The van der Waals surface area contributed by atoms with E-state index < -0.39 is 52.8 Å². The van der Waals surface area contributed by atoms with Gasteiger partial charge in [0.15, 0.2) is 11.6 Å². The van der Waals surface area contributed by atoms with E-state index in [0.717, 1.165) is 0 Å². The van der Waals surface area contributed by atoms with E-state index in [9.17, 15) is 27.6 Å². The third kappa shape index (κ3) is 2.75. The summed E-state index contributed by atoms with van der Waals surface area (Å²) in [7, 11) is 0. The minimum atomic E-state index is -4.83. The molecule has 0 aromatic heterocycles. The van der Waals surface area contributed by atoms with Gasteiger partial charge in [0.2, 0.25) is 5.96 Å². The highest BCUT2D eigenvalue weighted by atomic mass is 19.4. The summed E-state index contributed by atoms with van der Waals surface area (Å²) in [4.78, 5) is 14.0. The summed E-state index contributed by atoms with van der Waals surface area (Å²) in [5.74, 6) is -3.38. The second-order valence-electron chi connectivity index (χ2n) is 7.44. The maximum Gasteiger partial charge on any atom is 0.416 e. The first-order valence-electron chi connectivity index (χ1n) is 8.99. The van der Waals surface area contributed by atoms with E-state index in [4.69, 9.17) is 15.6 Å². The molecule has 3 saturated heterocycles. The summed E-state index contributed by atoms with van der Waals surface area (Å²) in [5.41, 5.74) is -3.20. The number of nitrogens with zero attached hydrogens (tertiary/aromatic N) is 2. The Labute approximate surface area is 167 Å². The predicted octanol–water partition coefficient (Wildman–Crippen LogP) is 1.15. The Bertz CT molecular complexity index is 941. The fourth-order valence-corrected chi connectivity index (χ4v) is 4.46. The molecule has 3 aliphatic heterocycles. The van der Waals surface area contributed by atoms with Crippen molar-refractivity contribution in [2.45, 2.75) is 30.9 Å². The predicted molar refractivity (Wildman–Crippen MR) is 93.2 cm³/mol. The summed E-state index contributed by atoms with van der Waals surface area (Å²) >= 11 is 0. The highest BCUT2D eigenvalue weighted by Gasteiger charge is 2.67. The van der Waals surface area contributed by atoms with Gasteiger partial charge in [-0.2, -0.15) is 18.2 Å². The molecule has 5 N–H and O–H groups in total. The van der Waals surface area contributed by atoms with Crippen LogP contribution in [0.2, 0.25) is 0 Å². The first-order valence-corrected chi connectivity index (χ1v) is 8.99. The van der Waals surface area contributed by atoms with Crippen LogP contribution in [-0.2, 0) is 10.9 Å². The Morgan fingerprint density at radius 3 is 2.67 bits per heavy atom. The van der Waals surface area contributed by atoms with Crippen molar-refractivity contribution in [3.05, 3.63) is 35.1 Å². The third-order valence-electron chi connectivity index (χ3n) is 5.86. The molecule has 3 heterocycles. The molecule has 4 atom stereocenters. The standard InChI is InChI=1S/C17H18F4N6O3/c1-7-11(30-13(28)8-2-9(17(19,20)21)4-10(18)3-8)6-26-14(22)24-5-12-16(7,26)27(29)15(23)25-12/h2-4,7,11-12,29H,5-6H2,1H3,(H2,22,24)(H2,23,25)/t7-,11+,12?,16?/m1/s1. The van der Waals surface area contributed by atoms with Gasteiger partial charge in [-0.1, -0.05) is 6.92 Å². The summed E-state index contributed by atoms with van der Waals surface area (Å²) in [6.07, 6.45) is -5.78. The monoisotopic (exact) mass is 430 g/mol. The van der Waals surface area contributed by atoms with E-state index in [1.165, 1.54) is 4.90 Å². The van der Waals surface area contributed by atoms with Crippen molar-refractivity contribution in [1.82, 2.24) is 20.6 Å². The number of alkyl halides is 3. The quantitative estimate of drug-likeness (QED) is 0.352. The average molecular weight is 430 g/mol. The van der Waals surface area contributed by atoms with Crippen molar-refractivity contribution in [1.29, 1.82) is 10.8 Å². The van der Waals surface area contributed by atoms with Crippen LogP contribution in [0.1, 0.15) is 22.8 Å². The highest BCUT2D eigenvalue weighted by molar-refractivity contribution is 5.90. The zero-order valence-electron chi connectivity index (χ0n) is 15.5. The molecule has 1 spiro atoms. The molecule has 3 fully saturated rings. The summed E-state index contributed by atoms with van der Waals surface area (Å²) in [6, 6.07) is 0.925. The maximum atomic E-state index is 13.6. The van der Waals surface area contributed by atoms with Crippen molar-refractivity contribution >= 4 is 17.9 Å². The number of benzene rings is 1. The molecular weight excluding hydrogens is 412 g/mol. The summed E-state index contributed by atoms with van der Waals surface area (Å²) in [5, 5.41) is 32.8. The number of carbonyl (C=O) groups is 1. The van der Waals surface area contributed by atoms with Crippen molar-refractivity contribution in [3.8, 4) is 0 Å². The molecule has 0 bridgehead atoms. The van der Waals surface area contributed by atoms with Gasteiger partial charge < -0.3 is 20.3 Å². The van der Waals surface area contributed by atoms with Crippen LogP contribution in [-0.4, -0.2) is 64.0 Å². The minimum absolute atomic E-state index is 0.0529. The SMILES string of the molecule is C[C@@H]1[C@@H](OC(=O)c2cc(F)cc(C(F)(F)F)c2)CN2C(=N)NCC3NC(=N)N(O)C312. The lowest BCUT2D eigenvalue weighted by molar-refractivity contribution is -0.164. The second kappa shape index (κ2) is 6.45. The van der Waals surface area contributed by atoms with Crippen molar-refractivity contribution in [2.75, 3.05) is 13.1 Å². The molecule has 162 valence electrons. The summed E-state index contributed by atoms with van der Waals surface area (Å²) in [6.45, 7) is 1.81. The molecular formula is C17H18F4N6O3. The van der Waals surface area contributed by atoms with E-state index >= 15 is 0 Å². The Morgan fingerprint density at radius 1 is 1.30 bits per heavy atom. The van der Waals surface area contributed by atoms with Crippen LogP contribution < -0.4 is 10.6 Å². The third-order valence-corrected chi connectivity index (χ3v) is 5.86. The van der Waals surface area contributed by atoms with Gasteiger partial charge in [-0.3, -0.25) is 16.0 Å². The first-order chi connectivity index (χ1) is 14.0. The number of ether oxygens (including phenoxy) is 1. The number of hydrogen-bond donors (Lipinski definition) is 5. The Morgan fingerprint density at radius 2 is 2.00 bits per heavy atom. The summed E-state index contributed by atoms with van der Waals surface area (Å²) < 4.78 is 57.8. The number of hydroxylamine groups is 2. The Kier molecular flexibility index (Phi) is 4.34. The molecule has 30 heavy (non-hydrogen) atoms. The lowest BCUT2D eigenvalue weighted by atomic mass is 9.86. The normalized spacial score (nSPS) is 30.5. The van der Waals surface area contributed by atoms with Crippen LogP contribution in [0, 0.1) is 22.6 Å². The van der Waals surface area contributed by atoms with Crippen molar-refractivity contribution < 1.29 is 32.3 Å². The van der Waals surface area contributed by atoms with Crippen LogP contribution in [0.5, 0.6) is 0 Å². The minimum Gasteiger partial charge on any atom is -0.456 e. The largest absolute Gasteiger partial charge is 0.456 e. The molecule has 13 heteroatoms. The van der Waals surface area contributed by atoms with E-state index in [2.05, 4.69) is 10.6 Å². The van der Waals surface area contributed by atoms with Crippen molar-refractivity contribution in [3.63, 3.8) is 0 Å². The molecule has 0 saturated carbocycles. The number of halogens is 4. The first kappa shape index (κ1) is 20.2. The van der Waals surface area contributed by atoms with Gasteiger partial charge >= 0.3 is 12.1 Å². The van der Waals surface area contributed by atoms with Gasteiger partial charge in [-0.15, -0.1) is 0 Å². The van der Waals surface area contributed by atoms with Crippen molar-refractivity contribution in [2.24, 2.45) is 5.92 Å². The van der Waals surface area contributed by atoms with Gasteiger partial charge in [0, 0.05) is 12.5 Å². The zero-order valence-corrected chi connectivity index (χ0v) is 15.5. The van der Waals surface area contributed by atoms with Crippen LogP contribution in [0.15, 0.2) is 18.2 Å². The van der Waals surface area contributed by atoms with Gasteiger partial charge in [0.25, 0.3) is 0 Å². The fraction of sp³-hybridized carbons (Fsp3) is 0.471. The Balaban J connectivity index is 1.63. The number of hydrogen-bond acceptors (Lipinski definition) is 5. The zero-order chi connectivity index (χ0) is 22.0. The van der Waals surface area contributed by atoms with Gasteiger partial charge in [-0.05, 0) is 18.2 Å². The smallest absolute Gasteiger partial charge is 0.416 e. The average Bonchev–Trinajstić information content (AvgIpc) is 3.10. The highest BCUT2D eigenvalue weighted by Crippen LogP contribution is 2.45. The molecule has 1 aromatic carbocycles. The van der Waals surface area contributed by atoms with Gasteiger partial charge in [0.05, 0.1) is 23.7 Å². The lowest BCUT2D eigenvalue weighted by Gasteiger charge is -2.48. The maximum absolute atomic E-state index is 13.6. The lowest BCUT2D eigenvalue weighted by Crippen LogP contribution is -2.71. The molecule has 0 amide bonds. The van der Waals surface area contributed by atoms with Crippen LogP contribution >= 0.6 is 0 Å². The van der Waals surface area contributed by atoms with E-state index in [-0.39, 0.29) is 31.1 Å². The van der Waals surface area contributed by atoms with Crippen LogP contribution in [0.3, 0.4) is 0 Å². The number of nitrogens with one attached hydrogen (secondary N) is 4. The molecule has 4 rings (SSSR count). The molecule has 0 radical (unpaired) electrons. The number of carbonyl (C=O) groups excluding carboxylic acids is 1. The van der Waals surface area contributed by atoms with Crippen LogP contribution in [0.25, 0.3) is 0 Å². The van der Waals surface area contributed by atoms with E-state index in [1.54, 1.807) is 6.92 Å². The number of rotatable bonds is 2. The van der Waals surface area contributed by atoms with Crippen LogP contribution in [0.4, 0.5) is 17.6 Å². The molecule has 2 unspecified atom stereocenters. The van der Waals surface area contributed by atoms with Gasteiger partial charge in [0.1, 0.15) is 11.9 Å². The molecule has 0 aliphatic carbocycles. The molecule has 1 aromatic rings. The molecule has 3 aliphatic rings. The van der Waals surface area contributed by atoms with E-state index in [1.807, 2.05) is 0 Å². The second-order valence-corrected chi connectivity index (χ2v) is 7.44. The molecule has 9 nitrogen and oxygen atoms in total. The number of esters is 1. The Hall–Kier alpha value is -3.09.